The molecule has 3 rings (SSSR count). The molecule has 1 atom stereocenters. The van der Waals surface area contributed by atoms with Gasteiger partial charge in [-0.2, -0.15) is 0 Å². The number of halogens is 1. The number of benzene rings is 2. The first-order valence-corrected chi connectivity index (χ1v) is 8.58. The molecular weight excluding hydrogens is 324 g/mol. The van der Waals surface area contributed by atoms with Gasteiger partial charge in [0.05, 0.1) is 13.2 Å². The third-order valence-corrected chi connectivity index (χ3v) is 4.71. The Morgan fingerprint density at radius 2 is 1.79 bits per heavy atom. The fourth-order valence-corrected chi connectivity index (χ4v) is 3.24. The summed E-state index contributed by atoms with van der Waals surface area (Å²) >= 11 is 6.00. The Balaban J connectivity index is 1.53. The lowest BCUT2D eigenvalue weighted by atomic mass is 10.1. The minimum absolute atomic E-state index is 0.503. The lowest BCUT2D eigenvalue weighted by Crippen LogP contribution is -2.47. The molecule has 0 radical (unpaired) electrons. The van der Waals surface area contributed by atoms with Crippen LogP contribution in [0.15, 0.2) is 48.5 Å². The zero-order chi connectivity index (χ0) is 16.9. The van der Waals surface area contributed by atoms with Gasteiger partial charge in [-0.3, -0.25) is 4.90 Å². The molecule has 0 spiro atoms. The van der Waals surface area contributed by atoms with Crippen molar-refractivity contribution in [3.05, 3.63) is 59.1 Å². The normalized spacial score (nSPS) is 16.9. The van der Waals surface area contributed by atoms with Gasteiger partial charge >= 0.3 is 0 Å². The summed E-state index contributed by atoms with van der Waals surface area (Å²) in [4.78, 5) is 4.66. The molecule has 1 N–H and O–H groups in total. The molecule has 1 heterocycles. The lowest BCUT2D eigenvalue weighted by molar-refractivity contribution is 0.109. The molecule has 1 aliphatic rings. The van der Waals surface area contributed by atoms with E-state index in [4.69, 9.17) is 16.3 Å². The third-order valence-electron chi connectivity index (χ3n) is 4.47. The van der Waals surface area contributed by atoms with Gasteiger partial charge in [-0.15, -0.1) is 0 Å². The highest BCUT2D eigenvalue weighted by Gasteiger charge is 2.20. The number of piperazine rings is 1. The molecule has 0 aromatic heterocycles. The number of rotatable bonds is 5. The number of nitrogens with zero attached hydrogens (tertiary/aromatic N) is 2. The molecule has 4 nitrogen and oxygen atoms in total. The van der Waals surface area contributed by atoms with Gasteiger partial charge in [0, 0.05) is 43.4 Å². The molecule has 0 amide bonds. The lowest BCUT2D eigenvalue weighted by Gasteiger charge is -2.37. The van der Waals surface area contributed by atoms with Crippen molar-refractivity contribution >= 4 is 17.3 Å². The zero-order valence-electron chi connectivity index (χ0n) is 13.9. The van der Waals surface area contributed by atoms with Gasteiger partial charge in [0.1, 0.15) is 5.75 Å². The quantitative estimate of drug-likeness (QED) is 0.902. The molecule has 0 bridgehead atoms. The van der Waals surface area contributed by atoms with Gasteiger partial charge < -0.3 is 14.7 Å². The topological polar surface area (TPSA) is 35.9 Å². The van der Waals surface area contributed by atoms with Gasteiger partial charge in [-0.1, -0.05) is 23.7 Å². The van der Waals surface area contributed by atoms with Crippen molar-refractivity contribution in [3.63, 3.8) is 0 Å². The average Bonchev–Trinajstić information content (AvgIpc) is 2.62. The van der Waals surface area contributed by atoms with Crippen molar-refractivity contribution < 1.29 is 9.84 Å². The first-order chi connectivity index (χ1) is 11.7. The summed E-state index contributed by atoms with van der Waals surface area (Å²) in [5, 5.41) is 11.1. The summed E-state index contributed by atoms with van der Waals surface area (Å²) in [6, 6.07) is 15.6. The van der Waals surface area contributed by atoms with E-state index in [1.54, 1.807) is 7.11 Å². The standard InChI is InChI=1S/C19H23ClN2O2/c1-24-18-7-5-17(6-8-18)22-11-9-21(10-12-22)14-19(23)15-3-2-4-16(20)13-15/h2-8,13,19,23H,9-12,14H2,1H3/t19-/m1/s1. The fourth-order valence-electron chi connectivity index (χ4n) is 3.05. The number of β-amino-alcohol motifs (C(OH)–C–C–N with tert-alkyl or cyclic N) is 1. The second-order valence-electron chi connectivity index (χ2n) is 6.06. The Morgan fingerprint density at radius 3 is 2.42 bits per heavy atom. The van der Waals surface area contributed by atoms with Crippen molar-refractivity contribution in [2.45, 2.75) is 6.10 Å². The van der Waals surface area contributed by atoms with E-state index in [0.717, 1.165) is 37.5 Å². The summed E-state index contributed by atoms with van der Waals surface area (Å²) in [6.45, 7) is 4.41. The van der Waals surface area contributed by atoms with E-state index in [0.29, 0.717) is 11.6 Å². The van der Waals surface area contributed by atoms with Crippen LogP contribution in [0.1, 0.15) is 11.7 Å². The number of hydrogen-bond donors (Lipinski definition) is 1. The third kappa shape index (κ3) is 4.20. The highest BCUT2D eigenvalue weighted by Crippen LogP contribution is 2.22. The van der Waals surface area contributed by atoms with Gasteiger partial charge in [-0.25, -0.2) is 0 Å². The van der Waals surface area contributed by atoms with Crippen LogP contribution in [0.3, 0.4) is 0 Å². The van der Waals surface area contributed by atoms with Crippen molar-refractivity contribution in [2.24, 2.45) is 0 Å². The Labute approximate surface area is 148 Å². The second kappa shape index (κ2) is 7.88. The first-order valence-electron chi connectivity index (χ1n) is 8.20. The number of aliphatic hydroxyl groups is 1. The predicted octanol–water partition coefficient (Wildman–Crippen LogP) is 3.20. The van der Waals surface area contributed by atoms with Crippen molar-refractivity contribution in [3.8, 4) is 5.75 Å². The van der Waals surface area contributed by atoms with E-state index in [1.165, 1.54) is 5.69 Å². The summed E-state index contributed by atoms with van der Waals surface area (Å²) < 4.78 is 5.20. The number of ether oxygens (including phenoxy) is 1. The van der Waals surface area contributed by atoms with Gasteiger partial charge in [0.25, 0.3) is 0 Å². The van der Waals surface area contributed by atoms with Crippen molar-refractivity contribution in [1.29, 1.82) is 0 Å². The molecule has 1 aliphatic heterocycles. The van der Waals surface area contributed by atoms with Crippen molar-refractivity contribution in [2.75, 3.05) is 44.7 Å². The summed E-state index contributed by atoms with van der Waals surface area (Å²) in [5.41, 5.74) is 2.09. The summed E-state index contributed by atoms with van der Waals surface area (Å²) in [6.07, 6.45) is -0.503. The largest absolute Gasteiger partial charge is 0.497 e. The Morgan fingerprint density at radius 1 is 1.08 bits per heavy atom. The van der Waals surface area contributed by atoms with Crippen LogP contribution in [0.5, 0.6) is 5.75 Å². The minimum Gasteiger partial charge on any atom is -0.497 e. The SMILES string of the molecule is COc1ccc(N2CCN(C[C@@H](O)c3cccc(Cl)c3)CC2)cc1. The molecule has 2 aromatic carbocycles. The van der Waals surface area contributed by atoms with Gasteiger partial charge in [-0.05, 0) is 42.0 Å². The molecular formula is C19H23ClN2O2. The second-order valence-corrected chi connectivity index (χ2v) is 6.49. The zero-order valence-corrected chi connectivity index (χ0v) is 14.6. The number of methoxy groups -OCH3 is 1. The van der Waals surface area contributed by atoms with E-state index in [1.807, 2.05) is 36.4 Å². The van der Waals surface area contributed by atoms with Crippen LogP contribution in [0, 0.1) is 0 Å². The van der Waals surface area contributed by atoms with Crippen LogP contribution in [0.4, 0.5) is 5.69 Å². The molecule has 0 saturated carbocycles. The highest BCUT2D eigenvalue weighted by atomic mass is 35.5. The average molecular weight is 347 g/mol. The maximum Gasteiger partial charge on any atom is 0.119 e. The van der Waals surface area contributed by atoms with Crippen LogP contribution in [-0.4, -0.2) is 49.8 Å². The van der Waals surface area contributed by atoms with E-state index in [-0.39, 0.29) is 0 Å². The number of anilines is 1. The van der Waals surface area contributed by atoms with Crippen LogP contribution in [0.25, 0.3) is 0 Å². The Hall–Kier alpha value is -1.75. The molecule has 0 unspecified atom stereocenters. The monoisotopic (exact) mass is 346 g/mol. The molecule has 128 valence electrons. The minimum atomic E-state index is -0.503. The Bertz CT molecular complexity index is 655. The van der Waals surface area contributed by atoms with E-state index in [9.17, 15) is 5.11 Å². The molecule has 5 heteroatoms. The van der Waals surface area contributed by atoms with Gasteiger partial charge in [0.2, 0.25) is 0 Å². The maximum absolute atomic E-state index is 10.4. The van der Waals surface area contributed by atoms with Crippen LogP contribution < -0.4 is 9.64 Å². The van der Waals surface area contributed by atoms with Crippen LogP contribution >= 0.6 is 11.6 Å². The van der Waals surface area contributed by atoms with Crippen LogP contribution in [0.2, 0.25) is 5.02 Å². The smallest absolute Gasteiger partial charge is 0.119 e. The first kappa shape index (κ1) is 17.1. The molecule has 1 saturated heterocycles. The Kier molecular flexibility index (Phi) is 5.61. The van der Waals surface area contributed by atoms with Crippen molar-refractivity contribution in [1.82, 2.24) is 4.90 Å². The summed E-state index contributed by atoms with van der Waals surface area (Å²) in [7, 11) is 1.68. The predicted molar refractivity (Wildman–Crippen MR) is 98.1 cm³/mol. The molecule has 0 aliphatic carbocycles. The number of aliphatic hydroxyl groups excluding tert-OH is 1. The molecule has 24 heavy (non-hydrogen) atoms. The van der Waals surface area contributed by atoms with Gasteiger partial charge in [0.15, 0.2) is 0 Å². The van der Waals surface area contributed by atoms with E-state index < -0.39 is 6.10 Å². The highest BCUT2D eigenvalue weighted by molar-refractivity contribution is 6.30. The number of hydrogen-bond acceptors (Lipinski definition) is 4. The van der Waals surface area contributed by atoms with Crippen LogP contribution in [-0.2, 0) is 0 Å². The van der Waals surface area contributed by atoms with E-state index in [2.05, 4.69) is 21.9 Å². The maximum atomic E-state index is 10.4. The molecule has 2 aromatic rings. The molecule has 1 fully saturated rings. The van der Waals surface area contributed by atoms with E-state index >= 15 is 0 Å². The summed E-state index contributed by atoms with van der Waals surface area (Å²) in [5.74, 6) is 0.877. The fraction of sp³-hybridized carbons (Fsp3) is 0.368.